The zero-order valence-corrected chi connectivity index (χ0v) is 11.7. The maximum absolute atomic E-state index is 11.8. The smallest absolute Gasteiger partial charge is 0.320 e. The van der Waals surface area contributed by atoms with Crippen LogP contribution >= 0.6 is 0 Å². The van der Waals surface area contributed by atoms with E-state index in [2.05, 4.69) is 45.0 Å². The summed E-state index contributed by atoms with van der Waals surface area (Å²) in [5.74, 6) is 0. The molecule has 98 valence electrons. The number of nitrogens with zero attached hydrogens (tertiary/aromatic N) is 2. The van der Waals surface area contributed by atoms with Crippen molar-refractivity contribution in [1.82, 2.24) is 9.80 Å². The van der Waals surface area contributed by atoms with Crippen molar-refractivity contribution >= 4 is 6.03 Å². The van der Waals surface area contributed by atoms with Crippen LogP contribution in [-0.2, 0) is 12.0 Å². The fourth-order valence-electron chi connectivity index (χ4n) is 2.21. The lowest BCUT2D eigenvalue weighted by atomic mass is 9.86. The van der Waals surface area contributed by atoms with E-state index in [0.717, 1.165) is 13.1 Å². The molecule has 0 saturated carbocycles. The molecular weight excluding hydrogens is 224 g/mol. The lowest BCUT2D eigenvalue weighted by molar-refractivity contribution is 0.197. The quantitative estimate of drug-likeness (QED) is 0.787. The van der Waals surface area contributed by atoms with Gasteiger partial charge in [-0.15, -0.1) is 0 Å². The third-order valence-corrected chi connectivity index (χ3v) is 3.47. The van der Waals surface area contributed by atoms with E-state index in [1.807, 2.05) is 11.9 Å². The van der Waals surface area contributed by atoms with E-state index in [-0.39, 0.29) is 11.4 Å². The monoisotopic (exact) mass is 246 g/mol. The van der Waals surface area contributed by atoms with E-state index >= 15 is 0 Å². The van der Waals surface area contributed by atoms with Gasteiger partial charge in [-0.05, 0) is 16.5 Å². The largest absolute Gasteiger partial charge is 0.326 e. The summed E-state index contributed by atoms with van der Waals surface area (Å²) in [5, 5.41) is 0. The van der Waals surface area contributed by atoms with Gasteiger partial charge in [0, 0.05) is 26.7 Å². The third kappa shape index (κ3) is 2.66. The van der Waals surface area contributed by atoms with E-state index in [1.54, 1.807) is 4.90 Å². The Morgan fingerprint density at radius 1 is 1.22 bits per heavy atom. The van der Waals surface area contributed by atoms with Crippen molar-refractivity contribution in [3.63, 3.8) is 0 Å². The predicted octanol–water partition coefficient (Wildman–Crippen LogP) is 2.85. The molecule has 0 unspecified atom stereocenters. The Morgan fingerprint density at radius 3 is 2.50 bits per heavy atom. The summed E-state index contributed by atoms with van der Waals surface area (Å²) in [6.45, 7) is 9.00. The van der Waals surface area contributed by atoms with Crippen molar-refractivity contribution in [3.8, 4) is 0 Å². The molecule has 0 aliphatic carbocycles. The normalized spacial score (nSPS) is 16.6. The van der Waals surface area contributed by atoms with Gasteiger partial charge < -0.3 is 9.80 Å². The highest BCUT2D eigenvalue weighted by molar-refractivity contribution is 5.76. The number of carbonyl (C=O) groups is 1. The molecule has 0 atom stereocenters. The Balaban J connectivity index is 2.13. The van der Waals surface area contributed by atoms with Crippen molar-refractivity contribution in [2.45, 2.75) is 32.7 Å². The molecular formula is C15H22N2O. The van der Waals surface area contributed by atoms with Gasteiger partial charge in [-0.3, -0.25) is 0 Å². The Bertz CT molecular complexity index is 448. The Labute approximate surface area is 109 Å². The molecule has 0 bridgehead atoms. The number of benzene rings is 1. The van der Waals surface area contributed by atoms with Crippen molar-refractivity contribution in [1.29, 1.82) is 0 Å². The number of hydrogen-bond acceptors (Lipinski definition) is 1. The average molecular weight is 246 g/mol. The van der Waals surface area contributed by atoms with Crippen LogP contribution in [0.5, 0.6) is 0 Å². The summed E-state index contributed by atoms with van der Waals surface area (Å²) < 4.78 is 0. The minimum atomic E-state index is 0.135. The van der Waals surface area contributed by atoms with Crippen LogP contribution in [0, 0.1) is 0 Å². The van der Waals surface area contributed by atoms with Gasteiger partial charge in [0.1, 0.15) is 0 Å². The van der Waals surface area contributed by atoms with Gasteiger partial charge in [-0.1, -0.05) is 45.0 Å². The van der Waals surface area contributed by atoms with Crippen LogP contribution in [0.1, 0.15) is 31.9 Å². The molecule has 1 fully saturated rings. The molecule has 1 aliphatic rings. The summed E-state index contributed by atoms with van der Waals surface area (Å²) in [6, 6.07) is 8.68. The Morgan fingerprint density at radius 2 is 1.94 bits per heavy atom. The molecule has 1 aliphatic heterocycles. The molecule has 2 rings (SSSR count). The second-order valence-corrected chi connectivity index (χ2v) is 6.08. The fraction of sp³-hybridized carbons (Fsp3) is 0.533. The molecule has 0 radical (unpaired) electrons. The maximum Gasteiger partial charge on any atom is 0.320 e. The topological polar surface area (TPSA) is 23.6 Å². The van der Waals surface area contributed by atoms with Gasteiger partial charge in [0.25, 0.3) is 0 Å². The number of urea groups is 1. The molecule has 3 heteroatoms. The molecule has 0 N–H and O–H groups in total. The van der Waals surface area contributed by atoms with Gasteiger partial charge in [-0.25, -0.2) is 4.79 Å². The van der Waals surface area contributed by atoms with Gasteiger partial charge >= 0.3 is 6.03 Å². The third-order valence-electron chi connectivity index (χ3n) is 3.47. The van der Waals surface area contributed by atoms with Gasteiger partial charge in [0.05, 0.1) is 0 Å². The molecule has 1 aromatic carbocycles. The van der Waals surface area contributed by atoms with Crippen LogP contribution in [0.2, 0.25) is 0 Å². The lowest BCUT2D eigenvalue weighted by Crippen LogP contribution is -2.29. The summed E-state index contributed by atoms with van der Waals surface area (Å²) >= 11 is 0. The van der Waals surface area contributed by atoms with Crippen LogP contribution in [0.15, 0.2) is 24.3 Å². The summed E-state index contributed by atoms with van der Waals surface area (Å²) in [7, 11) is 1.86. The first-order valence-corrected chi connectivity index (χ1v) is 6.47. The van der Waals surface area contributed by atoms with Crippen molar-refractivity contribution in [2.24, 2.45) is 0 Å². The number of amides is 2. The minimum absolute atomic E-state index is 0.135. The molecule has 1 aromatic rings. The minimum Gasteiger partial charge on any atom is -0.326 e. The number of rotatable bonds is 2. The van der Waals surface area contributed by atoms with E-state index in [1.165, 1.54) is 11.1 Å². The van der Waals surface area contributed by atoms with Crippen LogP contribution in [0.3, 0.4) is 0 Å². The van der Waals surface area contributed by atoms with Crippen LogP contribution in [-0.4, -0.2) is 36.0 Å². The van der Waals surface area contributed by atoms with E-state index in [4.69, 9.17) is 0 Å². The van der Waals surface area contributed by atoms with Crippen LogP contribution < -0.4 is 0 Å². The highest BCUT2D eigenvalue weighted by Crippen LogP contribution is 2.23. The molecule has 2 amide bonds. The van der Waals surface area contributed by atoms with E-state index in [0.29, 0.717) is 6.54 Å². The van der Waals surface area contributed by atoms with Crippen molar-refractivity contribution in [3.05, 3.63) is 35.4 Å². The van der Waals surface area contributed by atoms with Gasteiger partial charge in [0.2, 0.25) is 0 Å². The van der Waals surface area contributed by atoms with Gasteiger partial charge in [0.15, 0.2) is 0 Å². The first-order chi connectivity index (χ1) is 8.38. The predicted molar refractivity (Wildman–Crippen MR) is 73.6 cm³/mol. The highest BCUT2D eigenvalue weighted by Gasteiger charge is 2.25. The lowest BCUT2D eigenvalue weighted by Gasteiger charge is -2.21. The summed E-state index contributed by atoms with van der Waals surface area (Å²) in [5.41, 5.74) is 2.69. The van der Waals surface area contributed by atoms with E-state index in [9.17, 15) is 4.79 Å². The Kier molecular flexibility index (Phi) is 3.33. The number of hydrogen-bond donors (Lipinski definition) is 0. The SMILES string of the molecule is CN1CCN(Cc2cccc(C(C)(C)C)c2)C1=O. The second kappa shape index (κ2) is 4.63. The van der Waals surface area contributed by atoms with Crippen LogP contribution in [0.4, 0.5) is 4.79 Å². The van der Waals surface area contributed by atoms with Crippen molar-refractivity contribution in [2.75, 3.05) is 20.1 Å². The molecule has 18 heavy (non-hydrogen) atoms. The summed E-state index contributed by atoms with van der Waals surface area (Å²) in [4.78, 5) is 15.5. The van der Waals surface area contributed by atoms with E-state index < -0.39 is 0 Å². The molecule has 0 aromatic heterocycles. The first kappa shape index (κ1) is 12.9. The highest BCUT2D eigenvalue weighted by atomic mass is 16.2. The van der Waals surface area contributed by atoms with Crippen molar-refractivity contribution < 1.29 is 4.79 Å². The molecule has 1 saturated heterocycles. The number of likely N-dealkylation sites (N-methyl/N-ethyl adjacent to an activating group) is 1. The van der Waals surface area contributed by atoms with Gasteiger partial charge in [-0.2, -0.15) is 0 Å². The molecule has 3 nitrogen and oxygen atoms in total. The fourth-order valence-corrected chi connectivity index (χ4v) is 2.21. The Hall–Kier alpha value is -1.51. The zero-order valence-electron chi connectivity index (χ0n) is 11.7. The first-order valence-electron chi connectivity index (χ1n) is 6.47. The zero-order chi connectivity index (χ0) is 13.3. The molecule has 1 heterocycles. The maximum atomic E-state index is 11.8. The second-order valence-electron chi connectivity index (χ2n) is 6.08. The standard InChI is InChI=1S/C15H22N2O/c1-15(2,3)13-7-5-6-12(10-13)11-17-9-8-16(4)14(17)18/h5-7,10H,8-9,11H2,1-4H3. The van der Waals surface area contributed by atoms with Crippen LogP contribution in [0.25, 0.3) is 0 Å². The molecule has 0 spiro atoms. The summed E-state index contributed by atoms with van der Waals surface area (Å²) in [6.07, 6.45) is 0. The number of carbonyl (C=O) groups excluding carboxylic acids is 1. The average Bonchev–Trinajstić information content (AvgIpc) is 2.60.